The van der Waals surface area contributed by atoms with Crippen LogP contribution in [0, 0.1) is 5.41 Å². The Bertz CT molecular complexity index is 995. The molecular formula is C25H26O6. The topological polar surface area (TPSA) is 93.1 Å². The first kappa shape index (κ1) is 22.5. The molecule has 162 valence electrons. The third kappa shape index (κ3) is 5.69. The maximum atomic E-state index is 12.1. The van der Waals surface area contributed by atoms with Gasteiger partial charge in [0.05, 0.1) is 19.8 Å². The number of benzene rings is 3. The summed E-state index contributed by atoms with van der Waals surface area (Å²) >= 11 is 0. The lowest BCUT2D eigenvalue weighted by Gasteiger charge is -2.25. The van der Waals surface area contributed by atoms with Crippen LogP contribution in [-0.4, -0.2) is 42.0 Å². The Kier molecular flexibility index (Phi) is 7.76. The molecule has 0 radical (unpaired) electrons. The number of ether oxygens (including phenoxy) is 2. The van der Waals surface area contributed by atoms with E-state index in [1.165, 1.54) is 0 Å². The third-order valence-electron chi connectivity index (χ3n) is 5.35. The summed E-state index contributed by atoms with van der Waals surface area (Å²) in [6.07, 6.45) is -0.257. The van der Waals surface area contributed by atoms with Gasteiger partial charge in [0.15, 0.2) is 5.41 Å². The highest BCUT2D eigenvalue weighted by Crippen LogP contribution is 2.32. The van der Waals surface area contributed by atoms with Crippen molar-refractivity contribution in [3.8, 4) is 0 Å². The quantitative estimate of drug-likeness (QED) is 0.336. The monoisotopic (exact) mass is 422 g/mol. The Morgan fingerprint density at radius 3 is 2.13 bits per heavy atom. The van der Waals surface area contributed by atoms with Crippen LogP contribution in [0.2, 0.25) is 0 Å². The van der Waals surface area contributed by atoms with Crippen LogP contribution in [0.3, 0.4) is 0 Å². The van der Waals surface area contributed by atoms with Gasteiger partial charge in [-0.1, -0.05) is 72.8 Å². The SMILES string of the molecule is O=C(O)C(CCOCCOCc1ccccc1)(Cc1cccc2ccccc12)C(=O)O. The van der Waals surface area contributed by atoms with Crippen LogP contribution in [0.1, 0.15) is 17.5 Å². The molecule has 0 fully saturated rings. The maximum absolute atomic E-state index is 12.1. The van der Waals surface area contributed by atoms with E-state index in [1.54, 1.807) is 6.07 Å². The van der Waals surface area contributed by atoms with Crippen molar-refractivity contribution in [3.63, 3.8) is 0 Å². The van der Waals surface area contributed by atoms with Gasteiger partial charge in [-0.15, -0.1) is 0 Å². The van der Waals surface area contributed by atoms with Crippen molar-refractivity contribution in [2.45, 2.75) is 19.4 Å². The molecule has 0 aliphatic carbocycles. The fourth-order valence-corrected chi connectivity index (χ4v) is 3.55. The van der Waals surface area contributed by atoms with Crippen molar-refractivity contribution in [3.05, 3.63) is 83.9 Å². The molecule has 0 aliphatic rings. The Morgan fingerprint density at radius 2 is 1.39 bits per heavy atom. The van der Waals surface area contributed by atoms with Crippen LogP contribution < -0.4 is 0 Å². The fraction of sp³-hybridized carbons (Fsp3) is 0.280. The minimum Gasteiger partial charge on any atom is -0.480 e. The summed E-state index contributed by atoms with van der Waals surface area (Å²) in [5.74, 6) is -2.73. The highest BCUT2D eigenvalue weighted by molar-refractivity contribution is 5.99. The summed E-state index contributed by atoms with van der Waals surface area (Å²) in [5.41, 5.74) is -0.225. The number of hydrogen-bond acceptors (Lipinski definition) is 4. The molecule has 3 rings (SSSR count). The van der Waals surface area contributed by atoms with Gasteiger partial charge in [0.2, 0.25) is 0 Å². The summed E-state index contributed by atoms with van der Waals surface area (Å²) in [4.78, 5) is 24.1. The van der Waals surface area contributed by atoms with E-state index in [0.29, 0.717) is 18.8 Å². The van der Waals surface area contributed by atoms with Gasteiger partial charge < -0.3 is 19.7 Å². The smallest absolute Gasteiger partial charge is 0.321 e. The highest BCUT2D eigenvalue weighted by Gasteiger charge is 2.46. The summed E-state index contributed by atoms with van der Waals surface area (Å²) in [6, 6.07) is 22.8. The molecule has 0 unspecified atom stereocenters. The first-order chi connectivity index (χ1) is 15.0. The Morgan fingerprint density at radius 1 is 0.742 bits per heavy atom. The molecule has 2 N–H and O–H groups in total. The van der Waals surface area contributed by atoms with Crippen LogP contribution in [-0.2, 0) is 32.1 Å². The van der Waals surface area contributed by atoms with Gasteiger partial charge in [0.1, 0.15) is 0 Å². The lowest BCUT2D eigenvalue weighted by Crippen LogP contribution is -2.42. The van der Waals surface area contributed by atoms with Crippen LogP contribution in [0.25, 0.3) is 10.8 Å². The van der Waals surface area contributed by atoms with Crippen molar-refractivity contribution in [2.24, 2.45) is 5.41 Å². The van der Waals surface area contributed by atoms with E-state index in [0.717, 1.165) is 16.3 Å². The number of fused-ring (bicyclic) bond motifs is 1. The fourth-order valence-electron chi connectivity index (χ4n) is 3.55. The van der Waals surface area contributed by atoms with Crippen molar-refractivity contribution >= 4 is 22.7 Å². The normalized spacial score (nSPS) is 11.5. The zero-order valence-corrected chi connectivity index (χ0v) is 17.2. The minimum atomic E-state index is -1.96. The highest BCUT2D eigenvalue weighted by atomic mass is 16.5. The Hall–Kier alpha value is -3.22. The van der Waals surface area contributed by atoms with Crippen LogP contribution in [0.15, 0.2) is 72.8 Å². The minimum absolute atomic E-state index is 0.0120. The molecule has 0 aliphatic heterocycles. The van der Waals surface area contributed by atoms with Gasteiger partial charge in [-0.05, 0) is 34.7 Å². The molecule has 6 heteroatoms. The number of aliphatic carboxylic acids is 2. The first-order valence-electron chi connectivity index (χ1n) is 10.2. The summed E-state index contributed by atoms with van der Waals surface area (Å²) in [7, 11) is 0. The summed E-state index contributed by atoms with van der Waals surface area (Å²) < 4.78 is 11.0. The van der Waals surface area contributed by atoms with E-state index in [9.17, 15) is 19.8 Å². The lowest BCUT2D eigenvalue weighted by atomic mass is 9.78. The van der Waals surface area contributed by atoms with Gasteiger partial charge in [-0.2, -0.15) is 0 Å². The molecule has 0 bridgehead atoms. The number of carbonyl (C=O) groups is 2. The predicted molar refractivity (Wildman–Crippen MR) is 117 cm³/mol. The van der Waals surface area contributed by atoms with E-state index < -0.39 is 17.4 Å². The van der Waals surface area contributed by atoms with Crippen LogP contribution in [0.5, 0.6) is 0 Å². The maximum Gasteiger partial charge on any atom is 0.321 e. The number of rotatable bonds is 12. The molecule has 0 amide bonds. The van der Waals surface area contributed by atoms with Gasteiger partial charge in [-0.3, -0.25) is 9.59 Å². The molecule has 0 aromatic heterocycles. The molecule has 0 saturated carbocycles. The molecule has 3 aromatic rings. The Labute approximate surface area is 181 Å². The van der Waals surface area contributed by atoms with Gasteiger partial charge in [0, 0.05) is 6.61 Å². The number of carboxylic acid groups (broad SMARTS) is 2. The summed E-state index contributed by atoms with van der Waals surface area (Å²) in [5, 5.41) is 21.5. The Balaban J connectivity index is 1.59. The second-order valence-corrected chi connectivity index (χ2v) is 7.41. The zero-order valence-electron chi connectivity index (χ0n) is 17.2. The number of carboxylic acids is 2. The van der Waals surface area contributed by atoms with E-state index in [1.807, 2.05) is 66.7 Å². The molecule has 0 heterocycles. The standard InChI is InChI=1S/C25H26O6/c26-23(27)25(24(28)29,17-21-11-6-10-20-9-4-5-12-22(20)21)13-14-30-15-16-31-18-19-7-2-1-3-8-19/h1-12H,13-18H2,(H,26,27)(H,28,29). The van der Waals surface area contributed by atoms with Gasteiger partial charge in [-0.25, -0.2) is 0 Å². The molecule has 6 nitrogen and oxygen atoms in total. The van der Waals surface area contributed by atoms with Gasteiger partial charge in [0.25, 0.3) is 0 Å². The molecule has 0 saturated heterocycles. The van der Waals surface area contributed by atoms with Gasteiger partial charge >= 0.3 is 11.9 Å². The second-order valence-electron chi connectivity index (χ2n) is 7.41. The average molecular weight is 422 g/mol. The predicted octanol–water partition coefficient (Wildman–Crippen LogP) is 4.16. The van der Waals surface area contributed by atoms with E-state index in [-0.39, 0.29) is 26.1 Å². The molecule has 0 atom stereocenters. The third-order valence-corrected chi connectivity index (χ3v) is 5.35. The largest absolute Gasteiger partial charge is 0.480 e. The van der Waals surface area contributed by atoms with E-state index in [4.69, 9.17) is 9.47 Å². The van der Waals surface area contributed by atoms with E-state index >= 15 is 0 Å². The molecule has 3 aromatic carbocycles. The van der Waals surface area contributed by atoms with E-state index in [2.05, 4.69) is 0 Å². The van der Waals surface area contributed by atoms with Crippen LogP contribution in [0.4, 0.5) is 0 Å². The first-order valence-corrected chi connectivity index (χ1v) is 10.2. The second kappa shape index (κ2) is 10.7. The lowest BCUT2D eigenvalue weighted by molar-refractivity contribution is -0.166. The molecular weight excluding hydrogens is 396 g/mol. The average Bonchev–Trinajstić information content (AvgIpc) is 2.78. The van der Waals surface area contributed by atoms with Crippen molar-refractivity contribution < 1.29 is 29.3 Å². The zero-order chi connectivity index (χ0) is 22.1. The van der Waals surface area contributed by atoms with Crippen molar-refractivity contribution in [1.29, 1.82) is 0 Å². The van der Waals surface area contributed by atoms with Crippen molar-refractivity contribution in [1.82, 2.24) is 0 Å². The summed E-state index contributed by atoms with van der Waals surface area (Å²) in [6.45, 7) is 1.07. The molecule has 31 heavy (non-hydrogen) atoms. The van der Waals surface area contributed by atoms with Crippen molar-refractivity contribution in [2.75, 3.05) is 19.8 Å². The molecule has 0 spiro atoms. The number of hydrogen-bond donors (Lipinski definition) is 2. The van der Waals surface area contributed by atoms with Crippen LogP contribution >= 0.6 is 0 Å².